The molecule has 1 aliphatic heterocycles. The highest BCUT2D eigenvalue weighted by atomic mass is 16.5. The summed E-state index contributed by atoms with van der Waals surface area (Å²) in [6, 6.07) is 8.43. The third kappa shape index (κ3) is 2.91. The molecule has 1 amide bonds. The van der Waals surface area contributed by atoms with Crippen molar-refractivity contribution in [2.45, 2.75) is 38.5 Å². The molecule has 1 aliphatic carbocycles. The fourth-order valence-electron chi connectivity index (χ4n) is 4.67. The molecule has 0 bridgehead atoms. The lowest BCUT2D eigenvalue weighted by Crippen LogP contribution is -2.30. The van der Waals surface area contributed by atoms with Gasteiger partial charge < -0.3 is 15.6 Å². The molecule has 1 atom stereocenters. The SMILES string of the molecule is COCc1nn(C2CC2)c2c1[C@@H](c1ccc(O)cc1)N(c1cc(N)c3nnc(C)n3c1)C2=O. The summed E-state index contributed by atoms with van der Waals surface area (Å²) >= 11 is 0. The van der Waals surface area contributed by atoms with Gasteiger partial charge in [-0.15, -0.1) is 10.2 Å². The number of rotatable bonds is 5. The Kier molecular flexibility index (Phi) is 4.21. The molecule has 1 fully saturated rings. The summed E-state index contributed by atoms with van der Waals surface area (Å²) in [5.74, 6) is 0.689. The molecule has 3 aromatic heterocycles. The van der Waals surface area contributed by atoms with Crippen molar-refractivity contribution in [1.29, 1.82) is 0 Å². The minimum absolute atomic E-state index is 0.144. The van der Waals surface area contributed by atoms with Gasteiger partial charge in [-0.1, -0.05) is 12.1 Å². The Morgan fingerprint density at radius 1 is 1.21 bits per heavy atom. The number of anilines is 2. The van der Waals surface area contributed by atoms with Crippen LogP contribution in [0.4, 0.5) is 11.4 Å². The number of benzene rings is 1. The van der Waals surface area contributed by atoms with Crippen molar-refractivity contribution in [2.24, 2.45) is 0 Å². The normalized spacial score (nSPS) is 17.8. The van der Waals surface area contributed by atoms with E-state index in [9.17, 15) is 9.90 Å². The van der Waals surface area contributed by atoms with E-state index < -0.39 is 6.04 Å². The van der Waals surface area contributed by atoms with E-state index in [0.717, 1.165) is 29.7 Å². The van der Waals surface area contributed by atoms with Crippen LogP contribution in [0.1, 0.15) is 58.1 Å². The Bertz CT molecular complexity index is 1400. The number of carbonyl (C=O) groups excluding carboxylic acids is 1. The average Bonchev–Trinajstić information content (AvgIpc) is 3.38. The van der Waals surface area contributed by atoms with Gasteiger partial charge in [0.15, 0.2) is 5.65 Å². The monoisotopic (exact) mass is 445 g/mol. The Balaban J connectivity index is 1.60. The number of ether oxygens (including phenoxy) is 1. The van der Waals surface area contributed by atoms with E-state index in [1.54, 1.807) is 34.6 Å². The Morgan fingerprint density at radius 3 is 2.67 bits per heavy atom. The highest BCUT2D eigenvalue weighted by Crippen LogP contribution is 2.47. The summed E-state index contributed by atoms with van der Waals surface area (Å²) in [6.45, 7) is 2.13. The van der Waals surface area contributed by atoms with Gasteiger partial charge in [-0.25, -0.2) is 0 Å². The lowest BCUT2D eigenvalue weighted by Gasteiger charge is -2.27. The zero-order valence-electron chi connectivity index (χ0n) is 18.3. The second kappa shape index (κ2) is 7.04. The number of fused-ring (bicyclic) bond motifs is 2. The summed E-state index contributed by atoms with van der Waals surface area (Å²) in [6.07, 6.45) is 3.83. The Hall–Kier alpha value is -3.92. The predicted molar refractivity (Wildman–Crippen MR) is 120 cm³/mol. The smallest absolute Gasteiger partial charge is 0.277 e. The number of aryl methyl sites for hydroxylation is 1. The van der Waals surface area contributed by atoms with Crippen LogP contribution in [0.3, 0.4) is 0 Å². The number of phenolic OH excluding ortho intramolecular Hbond substituents is 1. The van der Waals surface area contributed by atoms with E-state index in [0.29, 0.717) is 35.1 Å². The molecule has 4 heterocycles. The Labute approximate surface area is 189 Å². The molecule has 33 heavy (non-hydrogen) atoms. The molecule has 0 spiro atoms. The number of aromatic hydroxyl groups is 1. The molecule has 3 N–H and O–H groups in total. The molecule has 0 radical (unpaired) electrons. The third-order valence-electron chi connectivity index (χ3n) is 6.33. The number of nitrogens with zero attached hydrogens (tertiary/aromatic N) is 6. The first kappa shape index (κ1) is 19.7. The van der Waals surface area contributed by atoms with Gasteiger partial charge >= 0.3 is 0 Å². The van der Waals surface area contributed by atoms with Crippen molar-refractivity contribution in [3.63, 3.8) is 0 Å². The molecule has 168 valence electrons. The highest BCUT2D eigenvalue weighted by molar-refractivity contribution is 6.11. The maximum atomic E-state index is 14.0. The summed E-state index contributed by atoms with van der Waals surface area (Å²) in [5, 5.41) is 22.9. The van der Waals surface area contributed by atoms with E-state index in [4.69, 9.17) is 15.6 Å². The first-order chi connectivity index (χ1) is 16.0. The van der Waals surface area contributed by atoms with Crippen LogP contribution in [0.2, 0.25) is 0 Å². The van der Waals surface area contributed by atoms with E-state index >= 15 is 0 Å². The number of hydrogen-bond donors (Lipinski definition) is 2. The average molecular weight is 445 g/mol. The quantitative estimate of drug-likeness (QED) is 0.484. The minimum atomic E-state index is -0.445. The molecule has 0 saturated heterocycles. The molecule has 10 nitrogen and oxygen atoms in total. The van der Waals surface area contributed by atoms with E-state index in [1.807, 2.05) is 29.9 Å². The second-order valence-corrected chi connectivity index (χ2v) is 8.58. The van der Waals surface area contributed by atoms with Gasteiger partial charge in [0, 0.05) is 18.9 Å². The van der Waals surface area contributed by atoms with Gasteiger partial charge in [-0.2, -0.15) is 5.10 Å². The molecule has 4 aromatic rings. The molecule has 6 rings (SSSR count). The largest absolute Gasteiger partial charge is 0.508 e. The van der Waals surface area contributed by atoms with Crippen LogP contribution in [0.25, 0.3) is 5.65 Å². The van der Waals surface area contributed by atoms with Gasteiger partial charge in [0.1, 0.15) is 17.3 Å². The number of carbonyl (C=O) groups is 1. The van der Waals surface area contributed by atoms with Crippen LogP contribution >= 0.6 is 0 Å². The molecule has 1 saturated carbocycles. The van der Waals surface area contributed by atoms with Crippen LogP contribution in [0.5, 0.6) is 5.75 Å². The number of amides is 1. The molecule has 1 aromatic carbocycles. The highest BCUT2D eigenvalue weighted by Gasteiger charge is 2.46. The van der Waals surface area contributed by atoms with Crippen LogP contribution in [0, 0.1) is 6.92 Å². The van der Waals surface area contributed by atoms with Crippen molar-refractivity contribution >= 4 is 22.9 Å². The van der Waals surface area contributed by atoms with Crippen molar-refractivity contribution in [2.75, 3.05) is 17.7 Å². The summed E-state index contributed by atoms with van der Waals surface area (Å²) in [5.41, 5.74) is 10.9. The summed E-state index contributed by atoms with van der Waals surface area (Å²) in [7, 11) is 1.62. The number of methoxy groups -OCH3 is 1. The number of nitrogen functional groups attached to an aromatic ring is 1. The summed E-state index contributed by atoms with van der Waals surface area (Å²) in [4.78, 5) is 15.7. The van der Waals surface area contributed by atoms with Crippen LogP contribution in [0.15, 0.2) is 36.5 Å². The number of phenols is 1. The van der Waals surface area contributed by atoms with Crippen molar-refractivity contribution in [3.05, 3.63) is 64.9 Å². The van der Waals surface area contributed by atoms with Gasteiger partial charge in [0.2, 0.25) is 0 Å². The lowest BCUT2D eigenvalue weighted by molar-refractivity contribution is 0.0983. The van der Waals surface area contributed by atoms with Crippen LogP contribution in [-0.2, 0) is 11.3 Å². The molecular formula is C23H23N7O3. The number of aromatic nitrogens is 5. The lowest BCUT2D eigenvalue weighted by atomic mass is 9.98. The number of hydrogen-bond acceptors (Lipinski definition) is 7. The third-order valence-corrected chi connectivity index (χ3v) is 6.33. The Morgan fingerprint density at radius 2 is 1.97 bits per heavy atom. The van der Waals surface area contributed by atoms with Gasteiger partial charge in [-0.3, -0.25) is 18.8 Å². The predicted octanol–water partition coefficient (Wildman–Crippen LogP) is 2.75. The molecule has 2 aliphatic rings. The minimum Gasteiger partial charge on any atom is -0.508 e. The molecule has 0 unspecified atom stereocenters. The van der Waals surface area contributed by atoms with Crippen LogP contribution < -0.4 is 10.6 Å². The number of pyridine rings is 1. The molecule has 10 heteroatoms. The number of nitrogens with two attached hydrogens (primary N) is 1. The van der Waals surface area contributed by atoms with Crippen LogP contribution in [-0.4, -0.2) is 42.5 Å². The maximum absolute atomic E-state index is 14.0. The second-order valence-electron chi connectivity index (χ2n) is 8.58. The standard InChI is InChI=1S/C23H23N7O3/c1-12-25-26-22-17(24)9-15(10-28(12)22)29-20(13-3-7-16(31)8-4-13)19-18(11-33-2)27-30(14-5-6-14)21(19)23(29)32/h3-4,7-10,14,20,31H,5-6,11,24H2,1-2H3/t20-/m1/s1. The van der Waals surface area contributed by atoms with Gasteiger partial charge in [-0.05, 0) is 43.5 Å². The van der Waals surface area contributed by atoms with Crippen molar-refractivity contribution in [1.82, 2.24) is 24.4 Å². The van der Waals surface area contributed by atoms with E-state index in [1.165, 1.54) is 0 Å². The van der Waals surface area contributed by atoms with E-state index in [2.05, 4.69) is 10.2 Å². The maximum Gasteiger partial charge on any atom is 0.277 e. The fraction of sp³-hybridized carbons (Fsp3) is 0.304. The zero-order chi connectivity index (χ0) is 22.9. The zero-order valence-corrected chi connectivity index (χ0v) is 18.3. The van der Waals surface area contributed by atoms with Gasteiger partial charge in [0.05, 0.1) is 35.8 Å². The fourth-order valence-corrected chi connectivity index (χ4v) is 4.67. The van der Waals surface area contributed by atoms with E-state index in [-0.39, 0.29) is 17.7 Å². The first-order valence-electron chi connectivity index (χ1n) is 10.8. The topological polar surface area (TPSA) is 124 Å². The van der Waals surface area contributed by atoms with Gasteiger partial charge in [0.25, 0.3) is 5.91 Å². The summed E-state index contributed by atoms with van der Waals surface area (Å²) < 4.78 is 9.10. The van der Waals surface area contributed by atoms with Crippen molar-refractivity contribution in [3.8, 4) is 5.75 Å². The first-order valence-corrected chi connectivity index (χ1v) is 10.8. The van der Waals surface area contributed by atoms with Crippen molar-refractivity contribution < 1.29 is 14.6 Å². The molecular weight excluding hydrogens is 422 g/mol.